The van der Waals surface area contributed by atoms with Crippen LogP contribution >= 0.6 is 11.3 Å². The highest BCUT2D eigenvalue weighted by Crippen LogP contribution is 2.28. The van der Waals surface area contributed by atoms with Gasteiger partial charge in [0.25, 0.3) is 10.0 Å². The molecule has 2 aliphatic heterocycles. The van der Waals surface area contributed by atoms with Crippen LogP contribution in [0.25, 0.3) is 0 Å². The molecule has 10 nitrogen and oxygen atoms in total. The number of nitrogens with one attached hydrogen (secondary N) is 1. The van der Waals surface area contributed by atoms with E-state index in [-0.39, 0.29) is 15.2 Å². The Kier molecular flexibility index (Phi) is 5.89. The van der Waals surface area contributed by atoms with Crippen LogP contribution in [0.1, 0.15) is 25.5 Å². The molecule has 0 spiro atoms. The van der Waals surface area contributed by atoms with Crippen LogP contribution in [-0.2, 0) is 14.8 Å². The van der Waals surface area contributed by atoms with Crippen molar-refractivity contribution in [3.05, 3.63) is 18.0 Å². The van der Waals surface area contributed by atoms with Gasteiger partial charge >= 0.3 is 0 Å². The Hall–Kier alpha value is -2.31. The Bertz CT molecular complexity index is 1030. The first kappa shape index (κ1) is 20.9. The fourth-order valence-corrected chi connectivity index (χ4v) is 6.28. The lowest BCUT2D eigenvalue weighted by molar-refractivity contribution is -0.114. The second-order valence-electron chi connectivity index (χ2n) is 7.42. The minimum atomic E-state index is -3.64. The summed E-state index contributed by atoms with van der Waals surface area (Å²) in [6.45, 7) is 7.09. The summed E-state index contributed by atoms with van der Waals surface area (Å²) in [4.78, 5) is 28.8. The maximum absolute atomic E-state index is 12.9. The van der Waals surface area contributed by atoms with E-state index in [0.717, 1.165) is 54.7 Å². The molecular weight excluding hydrogens is 426 g/mol. The first-order valence-electron chi connectivity index (χ1n) is 9.92. The average Bonchev–Trinajstić information content (AvgIpc) is 3.39. The summed E-state index contributed by atoms with van der Waals surface area (Å²) in [5.41, 5.74) is 0.909. The predicted octanol–water partition coefficient (Wildman–Crippen LogP) is 1.31. The molecule has 12 heteroatoms. The lowest BCUT2D eigenvalue weighted by Crippen LogP contribution is -2.48. The monoisotopic (exact) mass is 451 g/mol. The topological polar surface area (TPSA) is 112 Å². The van der Waals surface area contributed by atoms with Crippen LogP contribution in [0.2, 0.25) is 0 Å². The summed E-state index contributed by atoms with van der Waals surface area (Å²) in [7, 11) is -3.64. The molecule has 2 aromatic rings. The summed E-state index contributed by atoms with van der Waals surface area (Å²) < 4.78 is 27.5. The predicted molar refractivity (Wildman–Crippen MR) is 116 cm³/mol. The van der Waals surface area contributed by atoms with Crippen LogP contribution in [-0.4, -0.2) is 72.9 Å². The van der Waals surface area contributed by atoms with Crippen molar-refractivity contribution in [1.29, 1.82) is 0 Å². The molecule has 0 unspecified atom stereocenters. The number of nitrogens with zero attached hydrogens (tertiary/aromatic N) is 6. The highest BCUT2D eigenvalue weighted by atomic mass is 32.2. The maximum Gasteiger partial charge on any atom is 0.254 e. The van der Waals surface area contributed by atoms with Gasteiger partial charge in [-0.25, -0.2) is 18.4 Å². The van der Waals surface area contributed by atoms with Gasteiger partial charge in [0.1, 0.15) is 5.82 Å². The van der Waals surface area contributed by atoms with Gasteiger partial charge < -0.3 is 15.1 Å². The van der Waals surface area contributed by atoms with E-state index in [2.05, 4.69) is 25.1 Å². The molecule has 0 saturated carbocycles. The molecule has 4 heterocycles. The number of piperazine rings is 1. The number of carbonyl (C=O) groups excluding carboxylic acids is 1. The highest BCUT2D eigenvalue weighted by molar-refractivity contribution is 7.91. The number of hydrogen-bond acceptors (Lipinski definition) is 9. The third-order valence-corrected chi connectivity index (χ3v) is 8.39. The SMILES string of the molecule is CC(=O)Nc1ncc(S(=O)(=O)N2CCN(c3cc(C)nc(N4CCCC4)n3)CC2)s1. The number of anilines is 3. The molecule has 0 aliphatic carbocycles. The molecule has 0 atom stereocenters. The molecule has 2 saturated heterocycles. The molecule has 0 radical (unpaired) electrons. The maximum atomic E-state index is 12.9. The molecule has 30 heavy (non-hydrogen) atoms. The van der Waals surface area contributed by atoms with E-state index in [9.17, 15) is 13.2 Å². The summed E-state index contributed by atoms with van der Waals surface area (Å²) in [6.07, 6.45) is 3.61. The van der Waals surface area contributed by atoms with Crippen molar-refractivity contribution >= 4 is 44.2 Å². The van der Waals surface area contributed by atoms with Crippen LogP contribution in [0.5, 0.6) is 0 Å². The normalized spacial score (nSPS) is 18.1. The molecule has 2 fully saturated rings. The zero-order valence-electron chi connectivity index (χ0n) is 17.0. The van der Waals surface area contributed by atoms with Crippen molar-refractivity contribution in [2.45, 2.75) is 30.9 Å². The minimum absolute atomic E-state index is 0.133. The van der Waals surface area contributed by atoms with E-state index >= 15 is 0 Å². The zero-order valence-corrected chi connectivity index (χ0v) is 18.7. The molecule has 2 aliphatic rings. The van der Waals surface area contributed by atoms with Crippen molar-refractivity contribution in [2.75, 3.05) is 54.4 Å². The summed E-state index contributed by atoms with van der Waals surface area (Å²) in [5.74, 6) is 1.32. The second-order valence-corrected chi connectivity index (χ2v) is 10.6. The molecule has 0 bridgehead atoms. The van der Waals surface area contributed by atoms with Gasteiger partial charge in [0.2, 0.25) is 11.9 Å². The van der Waals surface area contributed by atoms with Crippen LogP contribution in [0.3, 0.4) is 0 Å². The molecule has 162 valence electrons. The van der Waals surface area contributed by atoms with Crippen molar-refractivity contribution in [3.63, 3.8) is 0 Å². The van der Waals surface area contributed by atoms with Gasteiger partial charge in [-0.1, -0.05) is 11.3 Å². The second kappa shape index (κ2) is 8.44. The number of carbonyl (C=O) groups is 1. The number of sulfonamides is 1. The van der Waals surface area contributed by atoms with E-state index in [1.165, 1.54) is 17.4 Å². The first-order chi connectivity index (χ1) is 14.3. The van der Waals surface area contributed by atoms with Gasteiger partial charge in [0, 0.05) is 58.0 Å². The molecule has 1 amide bonds. The lowest BCUT2D eigenvalue weighted by Gasteiger charge is -2.34. The molecule has 2 aromatic heterocycles. The smallest absolute Gasteiger partial charge is 0.254 e. The Morgan fingerprint density at radius 3 is 2.43 bits per heavy atom. The number of rotatable bonds is 5. The molecule has 1 N–H and O–H groups in total. The fourth-order valence-electron chi connectivity index (χ4n) is 3.63. The van der Waals surface area contributed by atoms with Crippen molar-refractivity contribution in [2.24, 2.45) is 0 Å². The van der Waals surface area contributed by atoms with Gasteiger partial charge in [0.15, 0.2) is 9.34 Å². The quantitative estimate of drug-likeness (QED) is 0.724. The fraction of sp³-hybridized carbons (Fsp3) is 0.556. The third kappa shape index (κ3) is 4.40. The van der Waals surface area contributed by atoms with Crippen molar-refractivity contribution in [3.8, 4) is 0 Å². The third-order valence-electron chi connectivity index (χ3n) is 5.14. The largest absolute Gasteiger partial charge is 0.354 e. The van der Waals surface area contributed by atoms with E-state index in [1.807, 2.05) is 13.0 Å². The van der Waals surface area contributed by atoms with Crippen molar-refractivity contribution in [1.82, 2.24) is 19.3 Å². The minimum Gasteiger partial charge on any atom is -0.354 e. The van der Waals surface area contributed by atoms with Crippen LogP contribution in [0.4, 0.5) is 16.9 Å². The van der Waals surface area contributed by atoms with Gasteiger partial charge in [-0.2, -0.15) is 9.29 Å². The van der Waals surface area contributed by atoms with Crippen LogP contribution in [0.15, 0.2) is 16.5 Å². The summed E-state index contributed by atoms with van der Waals surface area (Å²) in [5, 5.41) is 2.80. The average molecular weight is 452 g/mol. The van der Waals surface area contributed by atoms with Gasteiger partial charge in [0.05, 0.1) is 6.20 Å². The van der Waals surface area contributed by atoms with Crippen LogP contribution < -0.4 is 15.1 Å². The van der Waals surface area contributed by atoms with Gasteiger partial charge in [-0.3, -0.25) is 4.79 Å². The van der Waals surface area contributed by atoms with Gasteiger partial charge in [-0.15, -0.1) is 0 Å². The molecule has 0 aromatic carbocycles. The number of amides is 1. The van der Waals surface area contributed by atoms with Gasteiger partial charge in [-0.05, 0) is 19.8 Å². The van der Waals surface area contributed by atoms with Crippen molar-refractivity contribution < 1.29 is 13.2 Å². The Labute approximate surface area is 180 Å². The van der Waals surface area contributed by atoms with E-state index in [4.69, 9.17) is 4.98 Å². The Morgan fingerprint density at radius 2 is 1.77 bits per heavy atom. The zero-order chi connectivity index (χ0) is 21.3. The number of aryl methyl sites for hydroxylation is 1. The summed E-state index contributed by atoms with van der Waals surface area (Å²) in [6, 6.07) is 1.95. The standard InChI is InChI=1S/C18H25N7O3S2/c1-13-11-15(22-17(20-13)24-5-3-4-6-24)23-7-9-25(10-8-23)30(27,28)16-12-19-18(29-16)21-14(2)26/h11-12H,3-10H2,1-2H3,(H,19,21,26). The Balaban J connectivity index is 1.44. The number of thiazole rings is 1. The van der Waals surface area contributed by atoms with E-state index < -0.39 is 10.0 Å². The van der Waals surface area contributed by atoms with Crippen LogP contribution in [0, 0.1) is 6.92 Å². The first-order valence-corrected chi connectivity index (χ1v) is 12.2. The summed E-state index contributed by atoms with van der Waals surface area (Å²) >= 11 is 0.965. The number of hydrogen-bond donors (Lipinski definition) is 1. The molecule has 4 rings (SSSR count). The highest BCUT2D eigenvalue weighted by Gasteiger charge is 2.31. The lowest BCUT2D eigenvalue weighted by atomic mass is 10.3. The number of aromatic nitrogens is 3. The van der Waals surface area contributed by atoms with E-state index in [0.29, 0.717) is 26.2 Å². The van der Waals surface area contributed by atoms with E-state index in [1.54, 1.807) is 0 Å². The molecular formula is C18H25N7O3S2. The Morgan fingerprint density at radius 1 is 1.07 bits per heavy atom.